The lowest BCUT2D eigenvalue weighted by Crippen LogP contribution is -2.22. The van der Waals surface area contributed by atoms with Gasteiger partial charge in [0.2, 0.25) is 0 Å². The predicted molar refractivity (Wildman–Crippen MR) is 102 cm³/mol. The van der Waals surface area contributed by atoms with E-state index in [-0.39, 0.29) is 18.6 Å². The van der Waals surface area contributed by atoms with Crippen LogP contribution >= 0.6 is 19.4 Å². The number of hydrogen-bond donors (Lipinski definition) is 0. The molecule has 0 aliphatic rings. The van der Waals surface area contributed by atoms with E-state index >= 15 is 0 Å². The van der Waals surface area contributed by atoms with Gasteiger partial charge in [-0.05, 0) is 30.9 Å². The Labute approximate surface area is 144 Å². The van der Waals surface area contributed by atoms with Crippen LogP contribution in [0.25, 0.3) is 26.2 Å². The zero-order chi connectivity index (χ0) is 17.3. The van der Waals surface area contributed by atoms with Crippen molar-refractivity contribution in [1.82, 2.24) is 0 Å². The lowest BCUT2D eigenvalue weighted by Gasteiger charge is -2.18. The molecule has 0 fully saturated rings. The highest BCUT2D eigenvalue weighted by Crippen LogP contribution is 2.60. The Kier molecular flexibility index (Phi) is 4.97. The van der Waals surface area contributed by atoms with Crippen LogP contribution in [0.2, 0.25) is 0 Å². The van der Waals surface area contributed by atoms with Gasteiger partial charge < -0.3 is 9.05 Å². The molecule has 3 rings (SSSR count). The monoisotopic (exact) mass is 362 g/mol. The fourth-order valence-electron chi connectivity index (χ4n) is 3.05. The van der Waals surface area contributed by atoms with Crippen LogP contribution in [-0.4, -0.2) is 19.5 Å². The van der Waals surface area contributed by atoms with Crippen molar-refractivity contribution < 1.29 is 13.6 Å². The molecule has 24 heavy (non-hydrogen) atoms. The second-order valence-electron chi connectivity index (χ2n) is 5.26. The SMILES string of the molecule is CCOP(=O)(OCC)/C(SC)=c1/c(=O)c2cccc3cccc1c32. The van der Waals surface area contributed by atoms with Gasteiger partial charge in [0.05, 0.1) is 18.4 Å². The first kappa shape index (κ1) is 17.4. The Bertz CT molecular complexity index is 1020. The van der Waals surface area contributed by atoms with Gasteiger partial charge in [0.1, 0.15) is 4.65 Å². The Balaban J connectivity index is 2.52. The van der Waals surface area contributed by atoms with Crippen LogP contribution in [0, 0.1) is 0 Å². The summed E-state index contributed by atoms with van der Waals surface area (Å²) in [5, 5.41) is 3.79. The molecule has 0 aliphatic heterocycles. The average Bonchev–Trinajstić information content (AvgIpc) is 2.85. The molecule has 0 atom stereocenters. The largest absolute Gasteiger partial charge is 0.368 e. The van der Waals surface area contributed by atoms with Gasteiger partial charge in [0, 0.05) is 10.8 Å². The average molecular weight is 362 g/mol. The summed E-state index contributed by atoms with van der Waals surface area (Å²) in [5.41, 5.74) is -0.120. The first-order valence-electron chi connectivity index (χ1n) is 7.82. The Morgan fingerprint density at radius 2 is 1.62 bits per heavy atom. The van der Waals surface area contributed by atoms with E-state index in [1.165, 1.54) is 11.8 Å². The maximum atomic E-state index is 13.3. The van der Waals surface area contributed by atoms with Gasteiger partial charge in [0.15, 0.2) is 5.43 Å². The van der Waals surface area contributed by atoms with Crippen LogP contribution in [-0.2, 0) is 13.6 Å². The minimum atomic E-state index is -3.53. The summed E-state index contributed by atoms with van der Waals surface area (Å²) in [7, 11) is -3.53. The van der Waals surface area contributed by atoms with Crippen LogP contribution in [0.1, 0.15) is 13.8 Å². The highest BCUT2D eigenvalue weighted by molar-refractivity contribution is 8.16. The molecule has 0 aromatic heterocycles. The number of thioether (sulfide) groups is 1. The second-order valence-corrected chi connectivity index (χ2v) is 8.33. The van der Waals surface area contributed by atoms with Gasteiger partial charge in [-0.2, -0.15) is 0 Å². The van der Waals surface area contributed by atoms with Gasteiger partial charge in [-0.1, -0.05) is 36.4 Å². The molecule has 126 valence electrons. The van der Waals surface area contributed by atoms with Gasteiger partial charge >= 0.3 is 7.60 Å². The minimum Gasteiger partial charge on any atom is -0.305 e. The number of hydrogen-bond acceptors (Lipinski definition) is 5. The molecule has 0 heterocycles. The Morgan fingerprint density at radius 3 is 2.17 bits per heavy atom. The summed E-state index contributed by atoms with van der Waals surface area (Å²) in [4.78, 5) is 13.0. The van der Waals surface area contributed by atoms with Gasteiger partial charge in [-0.3, -0.25) is 9.36 Å². The van der Waals surface area contributed by atoms with E-state index in [2.05, 4.69) is 0 Å². The molecule has 3 aromatic carbocycles. The molecule has 0 radical (unpaired) electrons. The summed E-state index contributed by atoms with van der Waals surface area (Å²) < 4.78 is 24.6. The summed E-state index contributed by atoms with van der Waals surface area (Å²) in [6.45, 7) is 4.03. The molecule has 0 N–H and O–H groups in total. The van der Waals surface area contributed by atoms with E-state index in [4.69, 9.17) is 9.05 Å². The lowest BCUT2D eigenvalue weighted by molar-refractivity contribution is 0.231. The van der Waals surface area contributed by atoms with Gasteiger partial charge in [0.25, 0.3) is 0 Å². The van der Waals surface area contributed by atoms with E-state index in [1.807, 2.05) is 36.4 Å². The molecule has 0 saturated carbocycles. The standard InChI is InChI=1S/C18H19O4PS/c1-4-21-23(20,22-5-2)18(24-3)16-13-10-6-8-12-9-7-11-14(15(12)13)17(16)19/h6-11H,4-5H2,1-3H3/b18-16-. The third-order valence-electron chi connectivity index (χ3n) is 3.90. The minimum absolute atomic E-state index is 0.120. The summed E-state index contributed by atoms with van der Waals surface area (Å²) in [5.74, 6) is 0. The molecule has 4 nitrogen and oxygen atoms in total. The van der Waals surface area contributed by atoms with Gasteiger partial charge in [-0.15, -0.1) is 11.8 Å². The lowest BCUT2D eigenvalue weighted by atomic mass is 10.1. The Hall–Kier alpha value is -1.39. The number of benzene rings is 2. The van der Waals surface area contributed by atoms with Crippen molar-refractivity contribution >= 4 is 45.5 Å². The number of rotatable bonds is 6. The topological polar surface area (TPSA) is 52.6 Å². The first-order chi connectivity index (χ1) is 11.6. The fourth-order valence-corrected chi connectivity index (χ4v) is 6.16. The van der Waals surface area contributed by atoms with E-state index in [9.17, 15) is 9.36 Å². The van der Waals surface area contributed by atoms with Crippen molar-refractivity contribution in [2.24, 2.45) is 0 Å². The molecule has 0 amide bonds. The third kappa shape index (κ3) is 2.66. The van der Waals surface area contributed by atoms with Gasteiger partial charge in [-0.25, -0.2) is 0 Å². The fraction of sp³-hybridized carbons (Fsp3) is 0.278. The van der Waals surface area contributed by atoms with Crippen molar-refractivity contribution in [2.75, 3.05) is 19.5 Å². The molecule has 0 bridgehead atoms. The maximum Gasteiger partial charge on any atom is 0.368 e. The zero-order valence-electron chi connectivity index (χ0n) is 13.9. The van der Waals surface area contributed by atoms with Crippen LogP contribution in [0.5, 0.6) is 0 Å². The molecule has 3 aromatic rings. The molecular weight excluding hydrogens is 343 g/mol. The highest BCUT2D eigenvalue weighted by atomic mass is 32.2. The molecule has 6 heteroatoms. The smallest absolute Gasteiger partial charge is 0.305 e. The van der Waals surface area contributed by atoms with Crippen molar-refractivity contribution in [3.63, 3.8) is 0 Å². The summed E-state index contributed by atoms with van der Waals surface area (Å²) in [6, 6.07) is 11.4. The van der Waals surface area contributed by atoms with E-state index in [0.29, 0.717) is 15.3 Å². The predicted octanol–water partition coefficient (Wildman–Crippen LogP) is 4.20. The quantitative estimate of drug-likeness (QED) is 0.615. The van der Waals surface area contributed by atoms with Crippen molar-refractivity contribution in [3.8, 4) is 0 Å². The van der Waals surface area contributed by atoms with Crippen LogP contribution in [0.4, 0.5) is 0 Å². The van der Waals surface area contributed by atoms with Crippen molar-refractivity contribution in [2.45, 2.75) is 13.8 Å². The summed E-state index contributed by atoms with van der Waals surface area (Å²) in [6.07, 6.45) is 1.80. The third-order valence-corrected chi connectivity index (χ3v) is 7.63. The molecular formula is C18H19O4PS. The highest BCUT2D eigenvalue weighted by Gasteiger charge is 2.32. The van der Waals surface area contributed by atoms with E-state index in [1.54, 1.807) is 20.1 Å². The first-order valence-corrected chi connectivity index (χ1v) is 10.6. The molecule has 0 saturated heterocycles. The van der Waals surface area contributed by atoms with Crippen LogP contribution in [0.3, 0.4) is 0 Å². The van der Waals surface area contributed by atoms with E-state index in [0.717, 1.165) is 16.2 Å². The summed E-state index contributed by atoms with van der Waals surface area (Å²) >= 11 is 1.26. The zero-order valence-corrected chi connectivity index (χ0v) is 15.6. The second kappa shape index (κ2) is 6.85. The molecule has 0 aliphatic carbocycles. The van der Waals surface area contributed by atoms with Crippen molar-refractivity contribution in [3.05, 3.63) is 51.8 Å². The van der Waals surface area contributed by atoms with Crippen LogP contribution < -0.4 is 10.6 Å². The van der Waals surface area contributed by atoms with E-state index < -0.39 is 7.60 Å². The van der Waals surface area contributed by atoms with Crippen molar-refractivity contribution in [1.29, 1.82) is 0 Å². The normalized spacial score (nSPS) is 13.8. The maximum absolute atomic E-state index is 13.3. The van der Waals surface area contributed by atoms with Crippen LogP contribution in [0.15, 0.2) is 41.2 Å². The molecule has 0 unspecified atom stereocenters. The Morgan fingerprint density at radius 1 is 1.04 bits per heavy atom. The molecule has 0 spiro atoms.